The Labute approximate surface area is 140 Å². The van der Waals surface area contributed by atoms with Crippen LogP contribution in [-0.2, 0) is 4.79 Å². The van der Waals surface area contributed by atoms with E-state index in [1.54, 1.807) is 12.4 Å². The van der Waals surface area contributed by atoms with E-state index < -0.39 is 0 Å². The number of nitrogens with zero attached hydrogens (tertiary/aromatic N) is 2. The summed E-state index contributed by atoms with van der Waals surface area (Å²) in [5.74, 6) is 0.826. The predicted octanol–water partition coefficient (Wildman–Crippen LogP) is 4.11. The van der Waals surface area contributed by atoms with Crippen LogP contribution in [-0.4, -0.2) is 15.9 Å². The number of carbonyl (C=O) groups is 1. The molecule has 5 heteroatoms. The van der Waals surface area contributed by atoms with Crippen molar-refractivity contribution in [3.63, 3.8) is 0 Å². The molecule has 0 bridgehead atoms. The minimum Gasteiger partial charge on any atom is -0.352 e. The van der Waals surface area contributed by atoms with E-state index in [0.29, 0.717) is 5.82 Å². The molecule has 1 aliphatic rings. The summed E-state index contributed by atoms with van der Waals surface area (Å²) in [5.41, 5.74) is 2.71. The first kappa shape index (κ1) is 14.6. The second-order valence-electron chi connectivity index (χ2n) is 6.05. The van der Waals surface area contributed by atoms with Crippen molar-refractivity contribution >= 4 is 34.0 Å². The fourth-order valence-corrected chi connectivity index (χ4v) is 2.80. The summed E-state index contributed by atoms with van der Waals surface area (Å²) in [6.07, 6.45) is 6.62. The van der Waals surface area contributed by atoms with Crippen molar-refractivity contribution in [2.45, 2.75) is 19.3 Å². The highest BCUT2D eigenvalue weighted by Gasteiger charge is 2.25. The average Bonchev–Trinajstić information content (AvgIpc) is 2.55. The zero-order valence-electron chi connectivity index (χ0n) is 13.2. The fraction of sp³-hybridized carbons (Fsp3) is 0.211. The van der Waals surface area contributed by atoms with E-state index in [-0.39, 0.29) is 11.8 Å². The van der Waals surface area contributed by atoms with Crippen LogP contribution in [0.4, 0.5) is 17.2 Å². The van der Waals surface area contributed by atoms with Crippen molar-refractivity contribution in [2.75, 3.05) is 10.6 Å². The number of carbonyl (C=O) groups excluding carboxylic acids is 1. The molecule has 1 saturated carbocycles. The third-order valence-corrected chi connectivity index (χ3v) is 4.40. The molecule has 2 N–H and O–H groups in total. The fourth-order valence-electron chi connectivity index (χ4n) is 2.80. The minimum atomic E-state index is 0.0766. The van der Waals surface area contributed by atoms with Crippen molar-refractivity contribution in [3.8, 4) is 0 Å². The van der Waals surface area contributed by atoms with Crippen LogP contribution in [0.5, 0.6) is 0 Å². The average molecular weight is 318 g/mol. The largest absolute Gasteiger partial charge is 0.352 e. The van der Waals surface area contributed by atoms with Crippen molar-refractivity contribution in [2.24, 2.45) is 5.92 Å². The number of amides is 1. The highest BCUT2D eigenvalue weighted by atomic mass is 16.2. The molecule has 4 rings (SSSR count). The molecule has 0 saturated heterocycles. The van der Waals surface area contributed by atoms with Gasteiger partial charge in [0.1, 0.15) is 5.82 Å². The molecule has 120 valence electrons. The third kappa shape index (κ3) is 2.93. The molecule has 0 aliphatic heterocycles. The Kier molecular flexibility index (Phi) is 3.83. The first-order valence-electron chi connectivity index (χ1n) is 8.17. The smallest absolute Gasteiger partial charge is 0.228 e. The van der Waals surface area contributed by atoms with Crippen LogP contribution in [0.25, 0.3) is 10.9 Å². The minimum absolute atomic E-state index is 0.0766. The number of pyridine rings is 2. The number of rotatable bonds is 4. The van der Waals surface area contributed by atoms with Gasteiger partial charge in [0.2, 0.25) is 5.91 Å². The second kappa shape index (κ2) is 6.28. The number of nitrogens with one attached hydrogen (secondary N) is 2. The topological polar surface area (TPSA) is 66.9 Å². The summed E-state index contributed by atoms with van der Waals surface area (Å²) in [6.45, 7) is 0. The Morgan fingerprint density at radius 2 is 1.92 bits per heavy atom. The molecule has 2 aromatic heterocycles. The van der Waals surface area contributed by atoms with Gasteiger partial charge in [-0.3, -0.25) is 9.78 Å². The molecule has 0 atom stereocenters. The molecule has 1 fully saturated rings. The maximum atomic E-state index is 11.9. The molecule has 1 aromatic carbocycles. The maximum absolute atomic E-state index is 11.9. The van der Waals surface area contributed by atoms with Crippen LogP contribution in [0, 0.1) is 5.92 Å². The number of benzene rings is 1. The van der Waals surface area contributed by atoms with Gasteiger partial charge in [0.15, 0.2) is 0 Å². The zero-order chi connectivity index (χ0) is 16.4. The van der Waals surface area contributed by atoms with E-state index in [2.05, 4.69) is 20.6 Å². The lowest BCUT2D eigenvalue weighted by Crippen LogP contribution is -2.28. The number of anilines is 3. The highest BCUT2D eigenvalue weighted by Crippen LogP contribution is 2.28. The Bertz CT molecular complexity index is 867. The Morgan fingerprint density at radius 3 is 2.67 bits per heavy atom. The van der Waals surface area contributed by atoms with Gasteiger partial charge in [-0.15, -0.1) is 0 Å². The first-order chi connectivity index (χ1) is 11.8. The molecule has 0 unspecified atom stereocenters. The summed E-state index contributed by atoms with van der Waals surface area (Å²) >= 11 is 0. The summed E-state index contributed by atoms with van der Waals surface area (Å²) in [4.78, 5) is 20.7. The first-order valence-corrected chi connectivity index (χ1v) is 8.17. The zero-order valence-corrected chi connectivity index (χ0v) is 13.2. The number of para-hydroxylation sites is 1. The van der Waals surface area contributed by atoms with E-state index in [1.807, 2.05) is 42.5 Å². The van der Waals surface area contributed by atoms with Crippen LogP contribution < -0.4 is 10.6 Å². The summed E-state index contributed by atoms with van der Waals surface area (Å²) in [7, 11) is 0. The molecule has 5 nitrogen and oxygen atoms in total. The van der Waals surface area contributed by atoms with Crippen LogP contribution in [0.15, 0.2) is 54.9 Å². The van der Waals surface area contributed by atoms with Crippen molar-refractivity contribution in [3.05, 3.63) is 54.9 Å². The normalized spacial score (nSPS) is 14.2. The molecule has 3 aromatic rings. The van der Waals surface area contributed by atoms with Gasteiger partial charge in [0.05, 0.1) is 23.1 Å². The van der Waals surface area contributed by atoms with Gasteiger partial charge in [-0.25, -0.2) is 4.98 Å². The highest BCUT2D eigenvalue weighted by molar-refractivity contribution is 5.93. The van der Waals surface area contributed by atoms with Gasteiger partial charge in [0, 0.05) is 17.5 Å². The second-order valence-corrected chi connectivity index (χ2v) is 6.05. The lowest BCUT2D eigenvalue weighted by atomic mass is 9.85. The number of hydrogen-bond donors (Lipinski definition) is 2. The monoisotopic (exact) mass is 318 g/mol. The van der Waals surface area contributed by atoms with Gasteiger partial charge in [-0.05, 0) is 37.1 Å². The van der Waals surface area contributed by atoms with Gasteiger partial charge in [-0.2, -0.15) is 0 Å². The van der Waals surface area contributed by atoms with Gasteiger partial charge >= 0.3 is 0 Å². The third-order valence-electron chi connectivity index (χ3n) is 4.40. The van der Waals surface area contributed by atoms with Crippen molar-refractivity contribution < 1.29 is 4.79 Å². The summed E-state index contributed by atoms with van der Waals surface area (Å²) < 4.78 is 0. The van der Waals surface area contributed by atoms with E-state index in [1.165, 1.54) is 0 Å². The van der Waals surface area contributed by atoms with E-state index >= 15 is 0 Å². The Morgan fingerprint density at radius 1 is 1.04 bits per heavy atom. The summed E-state index contributed by atoms with van der Waals surface area (Å²) in [5, 5.41) is 7.29. The Hall–Kier alpha value is -2.95. The van der Waals surface area contributed by atoms with Crippen molar-refractivity contribution in [1.29, 1.82) is 0 Å². The molecule has 1 aliphatic carbocycles. The van der Waals surface area contributed by atoms with E-state index in [0.717, 1.165) is 41.5 Å². The van der Waals surface area contributed by atoms with Crippen LogP contribution in [0.3, 0.4) is 0 Å². The standard InChI is InChI=1S/C19H18N4O/c24-19(14-5-1-6-14)23-17-10-9-15(12-21-17)22-16-8-2-4-13-7-3-11-20-18(13)16/h2-4,7-12,14,22H,1,5-6H2,(H,21,23,24). The lowest BCUT2D eigenvalue weighted by Gasteiger charge is -2.23. The van der Waals surface area contributed by atoms with Crippen LogP contribution in [0.2, 0.25) is 0 Å². The maximum Gasteiger partial charge on any atom is 0.228 e. The number of aromatic nitrogens is 2. The molecule has 2 heterocycles. The van der Waals surface area contributed by atoms with Gasteiger partial charge in [-0.1, -0.05) is 24.6 Å². The van der Waals surface area contributed by atoms with E-state index in [4.69, 9.17) is 0 Å². The molecule has 0 spiro atoms. The van der Waals surface area contributed by atoms with E-state index in [9.17, 15) is 4.79 Å². The van der Waals surface area contributed by atoms with Crippen LogP contribution in [0.1, 0.15) is 19.3 Å². The number of fused-ring (bicyclic) bond motifs is 1. The van der Waals surface area contributed by atoms with Gasteiger partial charge < -0.3 is 10.6 Å². The molecule has 24 heavy (non-hydrogen) atoms. The quantitative estimate of drug-likeness (QED) is 0.759. The van der Waals surface area contributed by atoms with Crippen molar-refractivity contribution in [1.82, 2.24) is 9.97 Å². The van der Waals surface area contributed by atoms with Crippen LogP contribution >= 0.6 is 0 Å². The van der Waals surface area contributed by atoms with Gasteiger partial charge in [0.25, 0.3) is 0 Å². The lowest BCUT2D eigenvalue weighted by molar-refractivity contribution is -0.122. The molecular weight excluding hydrogens is 300 g/mol. The predicted molar refractivity (Wildman–Crippen MR) is 95.2 cm³/mol. The SMILES string of the molecule is O=C(Nc1ccc(Nc2cccc3cccnc23)cn1)C1CCC1. The molecule has 1 amide bonds. The summed E-state index contributed by atoms with van der Waals surface area (Å²) in [6, 6.07) is 13.7. The Balaban J connectivity index is 1.49. The number of hydrogen-bond acceptors (Lipinski definition) is 4. The molecular formula is C19H18N4O. The molecule has 0 radical (unpaired) electrons.